The number of nitrogens with one attached hydrogen (secondary N) is 1. The lowest BCUT2D eigenvalue weighted by atomic mass is 10.0. The molecule has 1 aromatic carbocycles. The van der Waals surface area contributed by atoms with Crippen LogP contribution in [0.3, 0.4) is 0 Å². The van der Waals surface area contributed by atoms with Crippen molar-refractivity contribution in [3.05, 3.63) is 52.2 Å². The average Bonchev–Trinajstić information content (AvgIpc) is 3.36. The maximum absolute atomic E-state index is 13.1. The van der Waals surface area contributed by atoms with Gasteiger partial charge < -0.3 is 4.90 Å². The van der Waals surface area contributed by atoms with Crippen LogP contribution in [0.1, 0.15) is 44.0 Å². The van der Waals surface area contributed by atoms with Crippen molar-refractivity contribution in [2.75, 3.05) is 31.1 Å². The molecule has 1 N–H and O–H groups in total. The van der Waals surface area contributed by atoms with Crippen LogP contribution in [-0.4, -0.2) is 75.6 Å². The van der Waals surface area contributed by atoms with Gasteiger partial charge in [-0.3, -0.25) is 34.3 Å². The molecule has 2 aromatic heterocycles. The van der Waals surface area contributed by atoms with Gasteiger partial charge in [-0.1, -0.05) is 6.07 Å². The molecule has 2 saturated heterocycles. The summed E-state index contributed by atoms with van der Waals surface area (Å²) >= 11 is 1.67. The van der Waals surface area contributed by atoms with E-state index >= 15 is 0 Å². The van der Waals surface area contributed by atoms with Crippen LogP contribution < -0.4 is 10.2 Å². The topological polar surface area (TPSA) is 116 Å². The summed E-state index contributed by atoms with van der Waals surface area (Å²) in [5, 5.41) is 3.32. The third kappa shape index (κ3) is 3.84. The number of piperazine rings is 1. The molecule has 36 heavy (non-hydrogen) atoms. The van der Waals surface area contributed by atoms with Gasteiger partial charge in [-0.15, -0.1) is 11.3 Å². The first kappa shape index (κ1) is 22.7. The number of thiophene rings is 1. The highest BCUT2D eigenvalue weighted by Gasteiger charge is 2.44. The molecule has 0 saturated carbocycles. The monoisotopic (exact) mass is 504 g/mol. The number of anilines is 1. The Labute approximate surface area is 210 Å². The summed E-state index contributed by atoms with van der Waals surface area (Å²) in [6.45, 7) is 6.05. The van der Waals surface area contributed by atoms with Gasteiger partial charge in [0.15, 0.2) is 0 Å². The first-order valence-corrected chi connectivity index (χ1v) is 12.7. The zero-order chi connectivity index (χ0) is 25.0. The molecule has 5 heterocycles. The highest BCUT2D eigenvalue weighted by atomic mass is 32.1. The predicted octanol–water partition coefficient (Wildman–Crippen LogP) is 1.72. The molecule has 4 amide bonds. The number of piperidine rings is 1. The molecule has 184 valence electrons. The minimum absolute atomic E-state index is 0.105. The summed E-state index contributed by atoms with van der Waals surface area (Å²) in [5.74, 6) is -0.971. The van der Waals surface area contributed by atoms with Gasteiger partial charge in [0.05, 0.1) is 16.5 Å². The summed E-state index contributed by atoms with van der Waals surface area (Å²) in [6.07, 6.45) is 1.88. The number of imide groups is 2. The summed E-state index contributed by atoms with van der Waals surface area (Å²) < 4.78 is 0. The molecule has 11 heteroatoms. The second kappa shape index (κ2) is 8.75. The Hall–Kier alpha value is -3.70. The van der Waals surface area contributed by atoms with E-state index in [1.165, 1.54) is 4.88 Å². The number of hydrogen-bond donors (Lipinski definition) is 1. The molecule has 10 nitrogen and oxygen atoms in total. The molecule has 2 fully saturated rings. The molecule has 0 radical (unpaired) electrons. The number of carbonyl (C=O) groups is 4. The lowest BCUT2D eigenvalue weighted by Crippen LogP contribution is -2.54. The molecule has 0 aliphatic carbocycles. The Morgan fingerprint density at radius 1 is 1.00 bits per heavy atom. The van der Waals surface area contributed by atoms with Crippen molar-refractivity contribution in [3.63, 3.8) is 0 Å². The van der Waals surface area contributed by atoms with Gasteiger partial charge in [0.25, 0.3) is 11.8 Å². The van der Waals surface area contributed by atoms with Crippen molar-refractivity contribution < 1.29 is 19.2 Å². The third-order valence-corrected chi connectivity index (χ3v) is 7.97. The maximum atomic E-state index is 13.1. The molecule has 1 atom stereocenters. The van der Waals surface area contributed by atoms with Crippen molar-refractivity contribution in [3.8, 4) is 0 Å². The first-order valence-electron chi connectivity index (χ1n) is 11.9. The van der Waals surface area contributed by atoms with E-state index in [2.05, 4.69) is 38.1 Å². The number of fused-ring (bicyclic) bond motifs is 2. The lowest BCUT2D eigenvalue weighted by molar-refractivity contribution is -0.136. The smallest absolute Gasteiger partial charge is 0.262 e. The highest BCUT2D eigenvalue weighted by molar-refractivity contribution is 7.18. The molecule has 0 bridgehead atoms. The Bertz CT molecular complexity index is 1430. The van der Waals surface area contributed by atoms with Gasteiger partial charge in [-0.2, -0.15) is 0 Å². The standard InChI is InChI=1S/C25H24N6O4S/c1-14-10-18-21(26-13-27-23(18)36-14)30-8-6-29(7-9-30)12-15-2-3-16-17(11-15)25(35)31(24(16)34)19-4-5-20(32)28-22(19)33/h2-3,10-11,13,19H,4-9,12H2,1H3,(H,28,32,33). The van der Waals surface area contributed by atoms with Crippen LogP contribution in [0, 0.1) is 6.92 Å². The van der Waals surface area contributed by atoms with Crippen LogP contribution in [0.5, 0.6) is 0 Å². The molecule has 6 rings (SSSR count). The molecular formula is C25H24N6O4S. The minimum Gasteiger partial charge on any atom is -0.353 e. The number of carbonyl (C=O) groups excluding carboxylic acids is 4. The zero-order valence-corrected chi connectivity index (χ0v) is 20.5. The van der Waals surface area contributed by atoms with Crippen LogP contribution in [0.15, 0.2) is 30.6 Å². The Balaban J connectivity index is 1.14. The fourth-order valence-electron chi connectivity index (χ4n) is 5.21. The first-order chi connectivity index (χ1) is 17.4. The van der Waals surface area contributed by atoms with Crippen LogP contribution in [-0.2, 0) is 16.1 Å². The third-order valence-electron chi connectivity index (χ3n) is 7.01. The SMILES string of the molecule is Cc1cc2c(N3CCN(Cc4ccc5c(c4)C(=O)N(C4CCC(=O)NC4=O)C5=O)CC3)ncnc2s1. The number of nitrogens with zero attached hydrogens (tertiary/aromatic N) is 5. The minimum atomic E-state index is -0.952. The second-order valence-corrected chi connectivity index (χ2v) is 10.6. The molecule has 3 aliphatic rings. The van der Waals surface area contributed by atoms with Gasteiger partial charge in [0.2, 0.25) is 11.8 Å². The van der Waals surface area contributed by atoms with Crippen molar-refractivity contribution >= 4 is 51.0 Å². The zero-order valence-electron chi connectivity index (χ0n) is 19.7. The lowest BCUT2D eigenvalue weighted by Gasteiger charge is -2.35. The molecular weight excluding hydrogens is 480 g/mol. The van der Waals surface area contributed by atoms with Crippen LogP contribution in [0.25, 0.3) is 10.2 Å². The molecule has 3 aliphatic heterocycles. The number of amides is 4. The van der Waals surface area contributed by atoms with Crippen molar-refractivity contribution in [2.24, 2.45) is 0 Å². The van der Waals surface area contributed by atoms with Crippen molar-refractivity contribution in [1.82, 2.24) is 25.1 Å². The van der Waals surface area contributed by atoms with E-state index in [1.54, 1.807) is 29.8 Å². The van der Waals surface area contributed by atoms with Gasteiger partial charge >= 0.3 is 0 Å². The van der Waals surface area contributed by atoms with E-state index in [0.717, 1.165) is 52.7 Å². The summed E-state index contributed by atoms with van der Waals surface area (Å²) in [7, 11) is 0. The largest absolute Gasteiger partial charge is 0.353 e. The van der Waals surface area contributed by atoms with Gasteiger partial charge in [-0.05, 0) is 37.1 Å². The van der Waals surface area contributed by atoms with E-state index < -0.39 is 23.8 Å². The fourth-order valence-corrected chi connectivity index (χ4v) is 6.05. The molecule has 1 unspecified atom stereocenters. The fraction of sp³-hybridized carbons (Fsp3) is 0.360. The van der Waals surface area contributed by atoms with E-state index in [-0.39, 0.29) is 18.7 Å². The Morgan fingerprint density at radius 2 is 1.78 bits per heavy atom. The summed E-state index contributed by atoms with van der Waals surface area (Å²) in [4.78, 5) is 66.5. The second-order valence-electron chi connectivity index (χ2n) is 9.36. The van der Waals surface area contributed by atoms with Crippen LogP contribution in [0.2, 0.25) is 0 Å². The van der Waals surface area contributed by atoms with Gasteiger partial charge in [0.1, 0.15) is 23.0 Å². The molecule has 0 spiro atoms. The van der Waals surface area contributed by atoms with Crippen molar-refractivity contribution in [2.45, 2.75) is 32.4 Å². The maximum Gasteiger partial charge on any atom is 0.262 e. The normalized spacial score (nSPS) is 20.9. The van der Waals surface area contributed by atoms with Gasteiger partial charge in [0, 0.05) is 44.0 Å². The van der Waals surface area contributed by atoms with Crippen LogP contribution >= 0.6 is 11.3 Å². The summed E-state index contributed by atoms with van der Waals surface area (Å²) in [6, 6.07) is 6.49. The number of aryl methyl sites for hydroxylation is 1. The van der Waals surface area contributed by atoms with Crippen LogP contribution in [0.4, 0.5) is 5.82 Å². The van der Waals surface area contributed by atoms with E-state index in [9.17, 15) is 19.2 Å². The van der Waals surface area contributed by atoms with Gasteiger partial charge in [-0.25, -0.2) is 9.97 Å². The quantitative estimate of drug-likeness (QED) is 0.534. The Kier molecular flexibility index (Phi) is 5.53. The summed E-state index contributed by atoms with van der Waals surface area (Å²) in [5.41, 5.74) is 1.56. The average molecular weight is 505 g/mol. The predicted molar refractivity (Wildman–Crippen MR) is 133 cm³/mol. The number of rotatable bonds is 4. The Morgan fingerprint density at radius 3 is 2.56 bits per heavy atom. The van der Waals surface area contributed by atoms with Crippen molar-refractivity contribution in [1.29, 1.82) is 0 Å². The van der Waals surface area contributed by atoms with E-state index in [0.29, 0.717) is 17.7 Å². The number of hydrogen-bond acceptors (Lipinski definition) is 9. The molecule has 3 aromatic rings. The van der Waals surface area contributed by atoms with E-state index in [1.807, 2.05) is 6.07 Å². The number of benzene rings is 1. The highest BCUT2D eigenvalue weighted by Crippen LogP contribution is 2.31. The number of aromatic nitrogens is 2. The van der Waals surface area contributed by atoms with E-state index in [4.69, 9.17) is 0 Å².